The molecule has 0 unspecified atom stereocenters. The van der Waals surface area contributed by atoms with E-state index in [-0.39, 0.29) is 60.2 Å². The molecule has 2 spiro atoms. The predicted octanol–water partition coefficient (Wildman–Crippen LogP) is 8.19. The van der Waals surface area contributed by atoms with Crippen LogP contribution < -0.4 is 16.8 Å². The van der Waals surface area contributed by atoms with Crippen LogP contribution in [0.5, 0.6) is 0 Å². The quantitative estimate of drug-likeness (QED) is 0.174. The van der Waals surface area contributed by atoms with Crippen LogP contribution in [0.25, 0.3) is 11.0 Å². The monoisotopic (exact) mass is 864 g/mol. The number of nitriles is 1. The molecule has 2 aliphatic carbocycles. The molecule has 2 saturated carbocycles. The van der Waals surface area contributed by atoms with Crippen LogP contribution in [0.15, 0.2) is 36.4 Å². The summed E-state index contributed by atoms with van der Waals surface area (Å²) in [7, 11) is 0. The molecule has 7 rings (SSSR count). The number of amides is 2. The van der Waals surface area contributed by atoms with Gasteiger partial charge in [0.2, 0.25) is 5.95 Å². The first-order chi connectivity index (χ1) is 24.7. The predicted molar refractivity (Wildman–Crippen MR) is 204 cm³/mol. The third-order valence-electron chi connectivity index (χ3n) is 10.3. The first-order valence-corrected chi connectivity index (χ1v) is 18.7. The fourth-order valence-electron chi connectivity index (χ4n) is 8.07. The summed E-state index contributed by atoms with van der Waals surface area (Å²) in [6.45, 7) is 14.2. The second-order valence-corrected chi connectivity index (χ2v) is 17.3. The molecule has 4 fully saturated rings. The molecule has 3 heterocycles. The number of benzene rings is 2. The van der Waals surface area contributed by atoms with E-state index >= 15 is 0 Å². The van der Waals surface area contributed by atoms with Gasteiger partial charge in [0.15, 0.2) is 0 Å². The Hall–Kier alpha value is -3.70. The van der Waals surface area contributed by atoms with Crippen molar-refractivity contribution in [2.24, 2.45) is 10.8 Å². The molecule has 290 valence electrons. The fourth-order valence-corrected chi connectivity index (χ4v) is 8.07. The molecule has 3 aromatic rings. The smallest absolute Gasteiger partial charge is 0.410 e. The molecule has 5 N–H and O–H groups in total. The number of nitrogens with zero attached hydrogens (tertiary/aromatic N) is 5. The maximum atomic E-state index is 13.4. The van der Waals surface area contributed by atoms with E-state index in [4.69, 9.17) is 26.2 Å². The SMILES string of the molecule is CC(C)(C)OC(=O)N1CCC2(CC(Nc3ccc(F)cc3N)C2)C1.CC(C)(C)OC(=O)N1CCC2(CC(n3c(N)nc4cc(F)ccc43)C2)C1.N#CBr.[Zn]. The van der Waals surface area contributed by atoms with Gasteiger partial charge in [0.25, 0.3) is 0 Å². The molecule has 2 aliphatic heterocycles. The van der Waals surface area contributed by atoms with E-state index in [1.165, 1.54) is 24.3 Å². The van der Waals surface area contributed by atoms with E-state index in [9.17, 15) is 18.4 Å². The average molecular weight is 867 g/mol. The number of ether oxygens (including phenoxy) is 2. The van der Waals surface area contributed by atoms with Gasteiger partial charge in [0.05, 0.1) is 22.4 Å². The molecule has 0 radical (unpaired) electrons. The van der Waals surface area contributed by atoms with Crippen molar-refractivity contribution in [2.75, 3.05) is 43.0 Å². The third-order valence-corrected chi connectivity index (χ3v) is 10.3. The van der Waals surface area contributed by atoms with Crippen LogP contribution in [0.2, 0.25) is 0 Å². The van der Waals surface area contributed by atoms with Crippen molar-refractivity contribution in [3.8, 4) is 4.98 Å². The molecule has 12 nitrogen and oxygen atoms in total. The van der Waals surface area contributed by atoms with Gasteiger partial charge in [-0.05, 0) is 121 Å². The summed E-state index contributed by atoms with van der Waals surface area (Å²) >= 11 is 2.45. The normalized spacial score (nSPS) is 24.2. The second kappa shape index (κ2) is 16.6. The van der Waals surface area contributed by atoms with E-state index in [2.05, 4.69) is 26.2 Å². The fraction of sp³-hybridized carbons (Fsp3) is 0.579. The van der Waals surface area contributed by atoms with Gasteiger partial charge in [-0.25, -0.2) is 23.4 Å². The van der Waals surface area contributed by atoms with Gasteiger partial charge in [-0.3, -0.25) is 0 Å². The molecular formula is C38H51BrF2N8O4Zn. The Kier molecular flexibility index (Phi) is 13.2. The van der Waals surface area contributed by atoms with Gasteiger partial charge < -0.3 is 40.6 Å². The molecule has 16 heteroatoms. The number of nitrogens with one attached hydrogen (secondary N) is 1. The largest absolute Gasteiger partial charge is 0.444 e. The maximum absolute atomic E-state index is 13.4. The van der Waals surface area contributed by atoms with Crippen molar-refractivity contribution in [1.82, 2.24) is 19.4 Å². The molecule has 0 bridgehead atoms. The van der Waals surface area contributed by atoms with Crippen LogP contribution in [0.3, 0.4) is 0 Å². The Labute approximate surface area is 337 Å². The molecule has 4 aliphatic rings. The summed E-state index contributed by atoms with van der Waals surface area (Å²) in [6.07, 6.45) is 5.39. The Morgan fingerprint density at radius 2 is 1.37 bits per heavy atom. The number of aromatic nitrogens is 2. The number of hydrogen-bond donors (Lipinski definition) is 3. The zero-order valence-corrected chi connectivity index (χ0v) is 36.6. The van der Waals surface area contributed by atoms with Crippen molar-refractivity contribution in [1.29, 1.82) is 5.26 Å². The van der Waals surface area contributed by atoms with Gasteiger partial charge in [0, 0.05) is 79.7 Å². The number of carbonyl (C=O) groups excluding carboxylic acids is 2. The van der Waals surface area contributed by atoms with Crippen molar-refractivity contribution >= 4 is 56.5 Å². The van der Waals surface area contributed by atoms with Crippen LogP contribution >= 0.6 is 15.9 Å². The minimum Gasteiger partial charge on any atom is -0.444 e. The number of halogens is 3. The summed E-state index contributed by atoms with van der Waals surface area (Å²) in [5.74, 6) is -0.213. The summed E-state index contributed by atoms with van der Waals surface area (Å²) < 4.78 is 39.5. The Morgan fingerprint density at radius 1 is 0.889 bits per heavy atom. The van der Waals surface area contributed by atoms with Crippen LogP contribution in [0, 0.1) is 32.7 Å². The molecule has 54 heavy (non-hydrogen) atoms. The topological polar surface area (TPSA) is 165 Å². The Balaban J connectivity index is 0.000000221. The molecule has 1 aromatic heterocycles. The van der Waals surface area contributed by atoms with E-state index in [0.717, 1.165) is 75.9 Å². The second-order valence-electron chi connectivity index (χ2n) is 16.9. The number of hydrogen-bond acceptors (Lipinski definition) is 9. The number of nitrogens with two attached hydrogens (primary N) is 2. The third kappa shape index (κ3) is 10.3. The van der Waals surface area contributed by atoms with Gasteiger partial charge >= 0.3 is 12.2 Å². The van der Waals surface area contributed by atoms with E-state index < -0.39 is 11.2 Å². The summed E-state index contributed by atoms with van der Waals surface area (Å²) in [5.41, 5.74) is 14.0. The molecule has 2 amide bonds. The molecule has 2 saturated heterocycles. The summed E-state index contributed by atoms with van der Waals surface area (Å²) in [4.78, 5) is 33.9. The number of likely N-dealkylation sites (tertiary alicyclic amines) is 2. The van der Waals surface area contributed by atoms with Gasteiger partial charge in [-0.15, -0.1) is 0 Å². The molecule has 0 atom stereocenters. The minimum absolute atomic E-state index is 0. The first kappa shape index (κ1) is 43.0. The van der Waals surface area contributed by atoms with Crippen molar-refractivity contribution < 1.29 is 47.3 Å². The van der Waals surface area contributed by atoms with Crippen LogP contribution in [0.4, 0.5) is 35.7 Å². The molecular weight excluding hydrogens is 816 g/mol. The zero-order valence-electron chi connectivity index (χ0n) is 32.1. The zero-order chi connectivity index (χ0) is 38.9. The number of fused-ring (bicyclic) bond motifs is 1. The number of imidazole rings is 1. The van der Waals surface area contributed by atoms with E-state index in [1.807, 2.05) is 55.9 Å². The summed E-state index contributed by atoms with van der Waals surface area (Å²) in [6, 6.07) is 9.56. The standard InChI is InChI=1S/C19H25FN4O2.C18H26FN3O2.CBrN.Zn/c1-18(2,3)26-17(25)23-7-6-19(11-23)9-13(10-19)24-15-5-4-12(20)8-14(15)22-16(24)21;1-17(2,3)24-16(23)22-7-6-18(11-22)9-13(10-18)21-15-5-4-12(19)8-14(15)20;2-1-3;/h4-5,8,13H,6-7,9-11H2,1-3H3,(H2,21,22);4-5,8,13,21H,6-7,9-11,20H2,1-3H3;;. The Morgan fingerprint density at radius 3 is 1.87 bits per heavy atom. The van der Waals surface area contributed by atoms with Crippen molar-refractivity contribution in [2.45, 2.75) is 103 Å². The number of rotatable bonds is 3. The van der Waals surface area contributed by atoms with Crippen molar-refractivity contribution in [3.63, 3.8) is 0 Å². The van der Waals surface area contributed by atoms with Gasteiger partial charge in [0.1, 0.15) is 27.8 Å². The Bertz CT molecular complexity index is 1860. The maximum Gasteiger partial charge on any atom is 0.410 e. The van der Waals surface area contributed by atoms with Crippen molar-refractivity contribution in [3.05, 3.63) is 48.0 Å². The minimum atomic E-state index is -0.478. The summed E-state index contributed by atoms with van der Waals surface area (Å²) in [5, 5.41) is 10.6. The average Bonchev–Trinajstić information content (AvgIpc) is 3.72. The number of anilines is 3. The van der Waals surface area contributed by atoms with Gasteiger partial charge in [-0.2, -0.15) is 5.26 Å². The van der Waals surface area contributed by atoms with Crippen LogP contribution in [0.1, 0.15) is 86.1 Å². The van der Waals surface area contributed by atoms with E-state index in [0.29, 0.717) is 23.2 Å². The van der Waals surface area contributed by atoms with Gasteiger partial charge in [-0.1, -0.05) is 0 Å². The first-order valence-electron chi connectivity index (χ1n) is 17.9. The molecule has 2 aromatic carbocycles. The van der Waals surface area contributed by atoms with Crippen LogP contribution in [-0.2, 0) is 29.0 Å². The van der Waals surface area contributed by atoms with E-state index in [1.54, 1.807) is 17.1 Å². The number of carbonyl (C=O) groups is 2. The number of nitrogen functional groups attached to an aromatic ring is 2. The van der Waals surface area contributed by atoms with Crippen LogP contribution in [-0.4, -0.2) is 75.0 Å².